The van der Waals surface area contributed by atoms with Gasteiger partial charge < -0.3 is 9.30 Å². The van der Waals surface area contributed by atoms with Gasteiger partial charge in [-0.15, -0.1) is 0 Å². The van der Waals surface area contributed by atoms with E-state index in [2.05, 4.69) is 11.6 Å². The Morgan fingerprint density at radius 1 is 1.53 bits per heavy atom. The van der Waals surface area contributed by atoms with Gasteiger partial charge in [0, 0.05) is 29.6 Å². The molecular formula is C12H9ClN2O2. The van der Waals surface area contributed by atoms with Gasteiger partial charge in [0.15, 0.2) is 5.75 Å². The maximum Gasteiger partial charge on any atom is 0.335 e. The number of ether oxygens (including phenoxy) is 1. The van der Waals surface area contributed by atoms with Crippen LogP contribution in [0.25, 0.3) is 5.69 Å². The molecule has 1 aromatic heterocycles. The van der Waals surface area contributed by atoms with Gasteiger partial charge in [-0.2, -0.15) is 0 Å². The van der Waals surface area contributed by atoms with Crippen molar-refractivity contribution in [3.05, 3.63) is 54.6 Å². The van der Waals surface area contributed by atoms with E-state index in [0.29, 0.717) is 16.5 Å². The van der Waals surface area contributed by atoms with Crippen LogP contribution in [0.2, 0.25) is 5.02 Å². The van der Waals surface area contributed by atoms with Crippen molar-refractivity contribution in [2.45, 2.75) is 0 Å². The molecule has 0 bridgehead atoms. The highest BCUT2D eigenvalue weighted by molar-refractivity contribution is 6.30. The van der Waals surface area contributed by atoms with Gasteiger partial charge in [0.05, 0.1) is 12.0 Å². The molecule has 0 spiro atoms. The first kappa shape index (κ1) is 11.4. The molecule has 0 amide bonds. The fourth-order valence-corrected chi connectivity index (χ4v) is 1.50. The van der Waals surface area contributed by atoms with Gasteiger partial charge in [-0.25, -0.2) is 9.78 Å². The monoisotopic (exact) mass is 248 g/mol. The molecule has 2 aromatic rings. The molecule has 0 aliphatic heterocycles. The molecule has 0 aliphatic carbocycles. The summed E-state index contributed by atoms with van der Waals surface area (Å²) in [6, 6.07) is 5.02. The smallest absolute Gasteiger partial charge is 0.335 e. The summed E-state index contributed by atoms with van der Waals surface area (Å²) in [7, 11) is 0. The normalized spacial score (nSPS) is 9.94. The van der Waals surface area contributed by atoms with E-state index >= 15 is 0 Å². The second-order valence-electron chi connectivity index (χ2n) is 3.21. The summed E-state index contributed by atoms with van der Waals surface area (Å²) in [5.41, 5.74) is 0.683. The molecule has 2 rings (SSSR count). The lowest BCUT2D eigenvalue weighted by atomic mass is 10.3. The minimum Gasteiger partial charge on any atom is -0.421 e. The van der Waals surface area contributed by atoms with Crippen LogP contribution in [0.4, 0.5) is 0 Å². The third-order valence-electron chi connectivity index (χ3n) is 2.08. The van der Waals surface area contributed by atoms with Gasteiger partial charge in [-0.05, 0) is 12.1 Å². The van der Waals surface area contributed by atoms with Gasteiger partial charge >= 0.3 is 5.97 Å². The Kier molecular flexibility index (Phi) is 3.25. The highest BCUT2D eigenvalue weighted by Crippen LogP contribution is 2.26. The van der Waals surface area contributed by atoms with E-state index in [1.54, 1.807) is 41.5 Å². The largest absolute Gasteiger partial charge is 0.421 e. The van der Waals surface area contributed by atoms with E-state index in [1.807, 2.05) is 0 Å². The molecule has 4 nitrogen and oxygen atoms in total. The molecule has 5 heteroatoms. The molecule has 0 saturated carbocycles. The van der Waals surface area contributed by atoms with Crippen molar-refractivity contribution in [3.8, 4) is 11.4 Å². The molecule has 0 atom stereocenters. The number of rotatable bonds is 3. The van der Waals surface area contributed by atoms with E-state index in [4.69, 9.17) is 16.3 Å². The van der Waals surface area contributed by atoms with Gasteiger partial charge in [0.2, 0.25) is 0 Å². The minimum absolute atomic E-state index is 0.361. The zero-order valence-corrected chi connectivity index (χ0v) is 9.59. The first-order valence-corrected chi connectivity index (χ1v) is 5.20. The Morgan fingerprint density at radius 3 is 3.00 bits per heavy atom. The average Bonchev–Trinajstić information content (AvgIpc) is 2.82. The second-order valence-corrected chi connectivity index (χ2v) is 3.64. The second kappa shape index (κ2) is 4.84. The number of aromatic nitrogens is 2. The molecule has 0 fully saturated rings. The molecule has 0 N–H and O–H groups in total. The number of hydrogen-bond acceptors (Lipinski definition) is 3. The number of nitrogens with zero attached hydrogens (tertiary/aromatic N) is 2. The molecule has 1 aromatic carbocycles. The third-order valence-corrected chi connectivity index (χ3v) is 2.32. The van der Waals surface area contributed by atoms with Crippen LogP contribution in [-0.4, -0.2) is 15.5 Å². The molecule has 0 aliphatic rings. The molecule has 86 valence electrons. The van der Waals surface area contributed by atoms with Gasteiger partial charge in [-0.1, -0.05) is 18.2 Å². The lowest BCUT2D eigenvalue weighted by molar-refractivity contribution is -0.128. The first-order valence-electron chi connectivity index (χ1n) is 4.83. The van der Waals surface area contributed by atoms with Crippen molar-refractivity contribution >= 4 is 17.6 Å². The topological polar surface area (TPSA) is 44.1 Å². The number of halogens is 1. The molecular weight excluding hydrogens is 240 g/mol. The Labute approximate surface area is 103 Å². The van der Waals surface area contributed by atoms with Crippen LogP contribution in [0.1, 0.15) is 0 Å². The summed E-state index contributed by atoms with van der Waals surface area (Å²) in [5, 5.41) is 0.487. The van der Waals surface area contributed by atoms with Gasteiger partial charge in [0.25, 0.3) is 0 Å². The van der Waals surface area contributed by atoms with Crippen molar-refractivity contribution in [2.24, 2.45) is 0 Å². The van der Waals surface area contributed by atoms with E-state index in [1.165, 1.54) is 0 Å². The van der Waals surface area contributed by atoms with Crippen LogP contribution in [0.15, 0.2) is 49.6 Å². The Balaban J connectivity index is 2.44. The summed E-state index contributed by atoms with van der Waals surface area (Å²) < 4.78 is 6.83. The highest BCUT2D eigenvalue weighted by atomic mass is 35.5. The van der Waals surface area contributed by atoms with Crippen LogP contribution in [0.5, 0.6) is 5.75 Å². The average molecular weight is 249 g/mol. The van der Waals surface area contributed by atoms with E-state index < -0.39 is 5.97 Å². The Hall–Kier alpha value is -2.07. The SMILES string of the molecule is C=CC(=O)Oc1cc(Cl)ccc1-n1ccnc1. The standard InChI is InChI=1S/C12H9ClN2O2/c1-2-12(16)17-11-7-9(13)3-4-10(11)15-6-5-14-8-15/h2-8H,1H2. The Bertz CT molecular complexity index is 550. The first-order chi connectivity index (χ1) is 8.20. The third kappa shape index (κ3) is 2.54. The highest BCUT2D eigenvalue weighted by Gasteiger charge is 2.09. The number of benzene rings is 1. The maximum absolute atomic E-state index is 11.2. The predicted octanol–water partition coefficient (Wildman–Crippen LogP) is 2.62. The van der Waals surface area contributed by atoms with E-state index in [-0.39, 0.29) is 0 Å². The number of esters is 1. The van der Waals surface area contributed by atoms with Crippen LogP contribution < -0.4 is 4.74 Å². The van der Waals surface area contributed by atoms with Crippen molar-refractivity contribution in [3.63, 3.8) is 0 Å². The van der Waals surface area contributed by atoms with Gasteiger partial charge in [-0.3, -0.25) is 0 Å². The predicted molar refractivity (Wildman–Crippen MR) is 64.4 cm³/mol. The summed E-state index contributed by atoms with van der Waals surface area (Å²) in [5.74, 6) is -0.172. The fourth-order valence-electron chi connectivity index (χ4n) is 1.33. The zero-order chi connectivity index (χ0) is 12.3. The number of hydrogen-bond donors (Lipinski definition) is 0. The molecule has 0 radical (unpaired) electrons. The maximum atomic E-state index is 11.2. The van der Waals surface area contributed by atoms with Crippen LogP contribution >= 0.6 is 11.6 Å². The number of carbonyl (C=O) groups is 1. The molecule has 0 saturated heterocycles. The van der Waals surface area contributed by atoms with Crippen LogP contribution in [0, 0.1) is 0 Å². The van der Waals surface area contributed by atoms with E-state index in [0.717, 1.165) is 6.08 Å². The molecule has 0 unspecified atom stereocenters. The number of imidazole rings is 1. The van der Waals surface area contributed by atoms with Gasteiger partial charge in [0.1, 0.15) is 0 Å². The minimum atomic E-state index is -0.534. The van der Waals surface area contributed by atoms with E-state index in [9.17, 15) is 4.79 Å². The summed E-state index contributed by atoms with van der Waals surface area (Å²) >= 11 is 5.86. The lowest BCUT2D eigenvalue weighted by Gasteiger charge is -2.09. The number of carbonyl (C=O) groups excluding carboxylic acids is 1. The quantitative estimate of drug-likeness (QED) is 0.476. The van der Waals surface area contributed by atoms with Crippen molar-refractivity contribution in [2.75, 3.05) is 0 Å². The Morgan fingerprint density at radius 2 is 2.35 bits per heavy atom. The summed E-state index contributed by atoms with van der Waals surface area (Å²) in [6.07, 6.45) is 6.08. The van der Waals surface area contributed by atoms with Crippen LogP contribution in [0.3, 0.4) is 0 Å². The summed E-state index contributed by atoms with van der Waals surface area (Å²) in [4.78, 5) is 15.1. The lowest BCUT2D eigenvalue weighted by Crippen LogP contribution is -2.06. The van der Waals surface area contributed by atoms with Crippen molar-refractivity contribution in [1.29, 1.82) is 0 Å². The molecule has 1 heterocycles. The zero-order valence-electron chi connectivity index (χ0n) is 8.84. The van der Waals surface area contributed by atoms with Crippen molar-refractivity contribution in [1.82, 2.24) is 9.55 Å². The van der Waals surface area contributed by atoms with Crippen molar-refractivity contribution < 1.29 is 9.53 Å². The van der Waals surface area contributed by atoms with Crippen LogP contribution in [-0.2, 0) is 4.79 Å². The summed E-state index contributed by atoms with van der Waals surface area (Å²) in [6.45, 7) is 3.34. The molecule has 17 heavy (non-hydrogen) atoms. The fraction of sp³-hybridized carbons (Fsp3) is 0.